The molecule has 0 saturated carbocycles. The summed E-state index contributed by atoms with van der Waals surface area (Å²) in [5, 5.41) is 2.17. The molecule has 0 aliphatic rings. The standard InChI is InChI=1S/C33H29NO3/c1-36-31-20-19-28(21-29(31)24-37-32-18-10-16-27-15-8-9-17-30(27)32)33(35)34(22-25-11-4-2-5-12-25)23-26-13-6-3-7-14-26/h2-21H,22-24H2,1H3. The van der Waals surface area contributed by atoms with E-state index in [-0.39, 0.29) is 12.5 Å². The van der Waals surface area contributed by atoms with Crippen molar-refractivity contribution in [3.63, 3.8) is 0 Å². The highest BCUT2D eigenvalue weighted by atomic mass is 16.5. The maximum atomic E-state index is 13.8. The van der Waals surface area contributed by atoms with Gasteiger partial charge in [-0.15, -0.1) is 0 Å². The van der Waals surface area contributed by atoms with E-state index in [1.165, 1.54) is 0 Å². The van der Waals surface area contributed by atoms with Gasteiger partial charge in [-0.25, -0.2) is 0 Å². The van der Waals surface area contributed by atoms with Crippen molar-refractivity contribution in [3.8, 4) is 11.5 Å². The molecule has 0 aromatic heterocycles. The molecule has 5 aromatic rings. The van der Waals surface area contributed by atoms with Crippen LogP contribution in [0.4, 0.5) is 0 Å². The molecule has 4 heteroatoms. The van der Waals surface area contributed by atoms with Crippen molar-refractivity contribution in [2.45, 2.75) is 19.7 Å². The number of benzene rings is 5. The lowest BCUT2D eigenvalue weighted by molar-refractivity contribution is 0.0729. The van der Waals surface area contributed by atoms with Crippen molar-refractivity contribution >= 4 is 16.7 Å². The SMILES string of the molecule is COc1ccc(C(=O)N(Cc2ccccc2)Cc2ccccc2)cc1COc1cccc2ccccc12. The number of fused-ring (bicyclic) bond motifs is 1. The minimum absolute atomic E-state index is 0.0400. The predicted octanol–water partition coefficient (Wildman–Crippen LogP) is 7.27. The van der Waals surface area contributed by atoms with E-state index in [0.717, 1.165) is 33.2 Å². The highest BCUT2D eigenvalue weighted by molar-refractivity contribution is 5.94. The van der Waals surface area contributed by atoms with Crippen molar-refractivity contribution in [2.75, 3.05) is 7.11 Å². The van der Waals surface area contributed by atoms with Crippen LogP contribution in [0.2, 0.25) is 0 Å². The lowest BCUT2D eigenvalue weighted by Gasteiger charge is -2.24. The topological polar surface area (TPSA) is 38.8 Å². The largest absolute Gasteiger partial charge is 0.496 e. The molecule has 4 nitrogen and oxygen atoms in total. The van der Waals surface area contributed by atoms with Gasteiger partial charge in [-0.05, 0) is 40.8 Å². The van der Waals surface area contributed by atoms with Crippen LogP contribution in [0.5, 0.6) is 11.5 Å². The van der Waals surface area contributed by atoms with Crippen LogP contribution in [-0.2, 0) is 19.7 Å². The molecule has 0 heterocycles. The molecule has 37 heavy (non-hydrogen) atoms. The van der Waals surface area contributed by atoms with Gasteiger partial charge in [0.1, 0.15) is 18.1 Å². The molecule has 0 fully saturated rings. The molecule has 0 aliphatic heterocycles. The molecule has 0 aliphatic carbocycles. The highest BCUT2D eigenvalue weighted by Gasteiger charge is 2.19. The molecule has 0 unspecified atom stereocenters. The van der Waals surface area contributed by atoms with E-state index in [0.29, 0.717) is 24.4 Å². The number of rotatable bonds is 9. The van der Waals surface area contributed by atoms with Crippen molar-refractivity contribution in [2.24, 2.45) is 0 Å². The summed E-state index contributed by atoms with van der Waals surface area (Å²) in [6.45, 7) is 1.32. The zero-order chi connectivity index (χ0) is 25.5. The van der Waals surface area contributed by atoms with Gasteiger partial charge in [-0.2, -0.15) is 0 Å². The van der Waals surface area contributed by atoms with Gasteiger partial charge in [0.05, 0.1) is 7.11 Å². The van der Waals surface area contributed by atoms with Crippen molar-refractivity contribution < 1.29 is 14.3 Å². The summed E-state index contributed by atoms with van der Waals surface area (Å²) in [6.07, 6.45) is 0. The third kappa shape index (κ3) is 5.81. The Morgan fingerprint density at radius 3 is 1.97 bits per heavy atom. The van der Waals surface area contributed by atoms with E-state index in [1.807, 2.05) is 114 Å². The van der Waals surface area contributed by atoms with Crippen LogP contribution in [0.1, 0.15) is 27.0 Å². The van der Waals surface area contributed by atoms with Crippen LogP contribution in [-0.4, -0.2) is 17.9 Å². The smallest absolute Gasteiger partial charge is 0.254 e. The number of ether oxygens (including phenoxy) is 2. The Morgan fingerprint density at radius 1 is 0.676 bits per heavy atom. The second-order valence-electron chi connectivity index (χ2n) is 8.92. The number of carbonyl (C=O) groups excluding carboxylic acids is 1. The van der Waals surface area contributed by atoms with E-state index in [9.17, 15) is 4.79 Å². The first kappa shape index (κ1) is 24.1. The van der Waals surface area contributed by atoms with Gasteiger partial charge in [0, 0.05) is 29.6 Å². The molecule has 0 atom stereocenters. The lowest BCUT2D eigenvalue weighted by Crippen LogP contribution is -2.30. The molecule has 0 saturated heterocycles. The van der Waals surface area contributed by atoms with Crippen LogP contribution < -0.4 is 9.47 Å². The summed E-state index contributed by atoms with van der Waals surface area (Å²) >= 11 is 0. The van der Waals surface area contributed by atoms with Crippen LogP contribution >= 0.6 is 0 Å². The first-order valence-corrected chi connectivity index (χ1v) is 12.4. The Balaban J connectivity index is 1.41. The minimum atomic E-state index is -0.0400. The van der Waals surface area contributed by atoms with Crippen LogP contribution in [0.25, 0.3) is 10.8 Å². The van der Waals surface area contributed by atoms with E-state index in [2.05, 4.69) is 12.1 Å². The molecular formula is C33H29NO3. The molecule has 5 aromatic carbocycles. The molecular weight excluding hydrogens is 458 g/mol. The molecule has 0 N–H and O–H groups in total. The first-order valence-electron chi connectivity index (χ1n) is 12.4. The second-order valence-corrected chi connectivity index (χ2v) is 8.92. The maximum Gasteiger partial charge on any atom is 0.254 e. The lowest BCUT2D eigenvalue weighted by atomic mass is 10.1. The van der Waals surface area contributed by atoms with Gasteiger partial charge < -0.3 is 14.4 Å². The molecule has 0 bridgehead atoms. The predicted molar refractivity (Wildman–Crippen MR) is 148 cm³/mol. The Morgan fingerprint density at radius 2 is 1.30 bits per heavy atom. The number of amides is 1. The molecule has 1 amide bonds. The number of methoxy groups -OCH3 is 1. The van der Waals surface area contributed by atoms with E-state index >= 15 is 0 Å². The number of carbonyl (C=O) groups is 1. The summed E-state index contributed by atoms with van der Waals surface area (Å²) in [4.78, 5) is 15.7. The fraction of sp³-hybridized carbons (Fsp3) is 0.121. The van der Waals surface area contributed by atoms with E-state index < -0.39 is 0 Å². The quantitative estimate of drug-likeness (QED) is 0.219. The van der Waals surface area contributed by atoms with Crippen molar-refractivity contribution in [1.29, 1.82) is 0 Å². The van der Waals surface area contributed by atoms with Crippen LogP contribution in [0.15, 0.2) is 121 Å². The maximum absolute atomic E-state index is 13.8. The number of nitrogens with zero attached hydrogens (tertiary/aromatic N) is 1. The number of hydrogen-bond donors (Lipinski definition) is 0. The summed E-state index contributed by atoms with van der Waals surface area (Å²) < 4.78 is 11.8. The fourth-order valence-corrected chi connectivity index (χ4v) is 4.49. The first-order chi connectivity index (χ1) is 18.2. The monoisotopic (exact) mass is 487 g/mol. The Kier molecular flexibility index (Phi) is 7.47. The molecule has 0 radical (unpaired) electrons. The summed E-state index contributed by atoms with van der Waals surface area (Å²) in [5.74, 6) is 1.45. The summed E-state index contributed by atoms with van der Waals surface area (Å²) in [7, 11) is 1.63. The zero-order valence-corrected chi connectivity index (χ0v) is 20.8. The molecule has 184 valence electrons. The Labute approximate surface area is 217 Å². The van der Waals surface area contributed by atoms with Crippen molar-refractivity contribution in [3.05, 3.63) is 144 Å². The average molecular weight is 488 g/mol. The van der Waals surface area contributed by atoms with Gasteiger partial charge in [0.25, 0.3) is 5.91 Å². The fourth-order valence-electron chi connectivity index (χ4n) is 4.49. The third-order valence-electron chi connectivity index (χ3n) is 6.38. The third-order valence-corrected chi connectivity index (χ3v) is 6.38. The van der Waals surface area contributed by atoms with Crippen LogP contribution in [0.3, 0.4) is 0 Å². The van der Waals surface area contributed by atoms with Gasteiger partial charge in [0.2, 0.25) is 0 Å². The van der Waals surface area contributed by atoms with Gasteiger partial charge >= 0.3 is 0 Å². The van der Waals surface area contributed by atoms with Crippen molar-refractivity contribution in [1.82, 2.24) is 4.90 Å². The Bertz CT molecular complexity index is 1440. The van der Waals surface area contributed by atoms with Gasteiger partial charge in [0.15, 0.2) is 0 Å². The number of hydrogen-bond acceptors (Lipinski definition) is 3. The summed E-state index contributed by atoms with van der Waals surface area (Å²) in [5.41, 5.74) is 3.59. The minimum Gasteiger partial charge on any atom is -0.496 e. The highest BCUT2D eigenvalue weighted by Crippen LogP contribution is 2.28. The van der Waals surface area contributed by atoms with Gasteiger partial charge in [-0.3, -0.25) is 4.79 Å². The average Bonchev–Trinajstić information content (AvgIpc) is 2.96. The van der Waals surface area contributed by atoms with E-state index in [1.54, 1.807) is 7.11 Å². The summed E-state index contributed by atoms with van der Waals surface area (Å²) in [6, 6.07) is 39.8. The molecule has 0 spiro atoms. The van der Waals surface area contributed by atoms with Gasteiger partial charge in [-0.1, -0.05) is 97.1 Å². The second kappa shape index (κ2) is 11.4. The van der Waals surface area contributed by atoms with E-state index in [4.69, 9.17) is 9.47 Å². The molecule has 5 rings (SSSR count). The normalized spacial score (nSPS) is 10.7. The zero-order valence-electron chi connectivity index (χ0n) is 20.8. The van der Waals surface area contributed by atoms with Crippen LogP contribution in [0, 0.1) is 0 Å². The Hall–Kier alpha value is -4.57.